The third-order valence-corrected chi connectivity index (χ3v) is 5.40. The summed E-state index contributed by atoms with van der Waals surface area (Å²) in [6, 6.07) is 14.8. The Hall–Kier alpha value is -3.86. The number of aromatic nitrogens is 5. The second kappa shape index (κ2) is 9.52. The second-order valence-corrected chi connectivity index (χ2v) is 8.13. The number of carbonyl (C=O) groups excluding carboxylic acids is 1. The summed E-state index contributed by atoms with van der Waals surface area (Å²) in [7, 11) is -1.09. The van der Waals surface area contributed by atoms with Crippen molar-refractivity contribution in [2.45, 2.75) is 18.4 Å². The van der Waals surface area contributed by atoms with E-state index in [0.29, 0.717) is 35.2 Å². The Bertz CT molecular complexity index is 1290. The first-order valence-electron chi connectivity index (χ1n) is 9.82. The lowest BCUT2D eigenvalue weighted by atomic mass is 10.2. The molecule has 164 valence electrons. The van der Waals surface area contributed by atoms with E-state index in [9.17, 15) is 9.00 Å². The van der Waals surface area contributed by atoms with Crippen molar-refractivity contribution in [3.63, 3.8) is 0 Å². The maximum absolute atomic E-state index is 11.7. The molecule has 0 bridgehead atoms. The minimum absolute atomic E-state index is 0.313. The van der Waals surface area contributed by atoms with E-state index in [1.807, 2.05) is 36.4 Å². The van der Waals surface area contributed by atoms with Crippen LogP contribution in [0.1, 0.15) is 12.5 Å². The molecule has 2 aromatic heterocycles. The third-order valence-electron chi connectivity index (χ3n) is 4.48. The molecular formula is C21H21N7O3S. The van der Waals surface area contributed by atoms with Crippen molar-refractivity contribution in [3.8, 4) is 5.69 Å². The number of hydrogen-bond acceptors (Lipinski definition) is 8. The van der Waals surface area contributed by atoms with E-state index in [4.69, 9.17) is 4.74 Å². The van der Waals surface area contributed by atoms with Gasteiger partial charge in [-0.05, 0) is 42.8 Å². The highest BCUT2D eigenvalue weighted by atomic mass is 32.2. The summed E-state index contributed by atoms with van der Waals surface area (Å²) >= 11 is 0. The average Bonchev–Trinajstić information content (AvgIpc) is 3.21. The topological polar surface area (TPSA) is 124 Å². The molecule has 2 heterocycles. The predicted octanol–water partition coefficient (Wildman–Crippen LogP) is 2.94. The first kappa shape index (κ1) is 21.4. The highest BCUT2D eigenvalue weighted by Crippen LogP contribution is 2.20. The molecule has 1 unspecified atom stereocenters. The Morgan fingerprint density at radius 3 is 2.84 bits per heavy atom. The van der Waals surface area contributed by atoms with Gasteiger partial charge < -0.3 is 15.4 Å². The van der Waals surface area contributed by atoms with E-state index in [1.165, 1.54) is 0 Å². The molecule has 0 fully saturated rings. The quantitative estimate of drug-likeness (QED) is 0.440. The molecule has 2 aromatic carbocycles. The van der Waals surface area contributed by atoms with Crippen LogP contribution in [0.2, 0.25) is 0 Å². The summed E-state index contributed by atoms with van der Waals surface area (Å²) in [6.07, 6.45) is 2.74. The lowest BCUT2D eigenvalue weighted by molar-refractivity contribution is 0.151. The van der Waals surface area contributed by atoms with Gasteiger partial charge in [-0.3, -0.25) is 4.21 Å². The van der Waals surface area contributed by atoms with Crippen LogP contribution in [0, 0.1) is 0 Å². The van der Waals surface area contributed by atoms with Gasteiger partial charge >= 0.3 is 6.09 Å². The van der Waals surface area contributed by atoms with Gasteiger partial charge in [-0.1, -0.05) is 23.4 Å². The molecule has 0 aliphatic heterocycles. The van der Waals surface area contributed by atoms with Gasteiger partial charge in [0.05, 0.1) is 18.5 Å². The first-order chi connectivity index (χ1) is 15.5. The number of rotatable bonds is 7. The number of ether oxygens (including phenoxy) is 1. The van der Waals surface area contributed by atoms with Crippen molar-refractivity contribution in [3.05, 3.63) is 60.3 Å². The molecule has 1 amide bonds. The van der Waals surface area contributed by atoms with Gasteiger partial charge in [-0.15, -0.1) is 5.10 Å². The summed E-state index contributed by atoms with van der Waals surface area (Å²) in [5.41, 5.74) is 3.39. The van der Waals surface area contributed by atoms with Crippen molar-refractivity contribution in [2.75, 3.05) is 18.2 Å². The zero-order valence-corrected chi connectivity index (χ0v) is 18.3. The maximum Gasteiger partial charge on any atom is 0.407 e. The number of carbonyl (C=O) groups is 1. The molecule has 0 spiro atoms. The zero-order valence-electron chi connectivity index (χ0n) is 17.5. The number of anilines is 2. The van der Waals surface area contributed by atoms with Crippen LogP contribution in [0.5, 0.6) is 0 Å². The molecule has 0 saturated heterocycles. The van der Waals surface area contributed by atoms with E-state index >= 15 is 0 Å². The molecule has 0 aliphatic rings. The maximum atomic E-state index is 11.7. The fourth-order valence-corrected chi connectivity index (χ4v) is 3.56. The van der Waals surface area contributed by atoms with Gasteiger partial charge in [0.15, 0.2) is 11.2 Å². The number of alkyl carbamates (subject to hydrolysis) is 1. The normalized spacial score (nSPS) is 11.8. The first-order valence-corrected chi connectivity index (χ1v) is 11.4. The van der Waals surface area contributed by atoms with Crippen LogP contribution in [0.25, 0.3) is 16.9 Å². The van der Waals surface area contributed by atoms with Crippen LogP contribution in [0.15, 0.2) is 59.6 Å². The van der Waals surface area contributed by atoms with Crippen LogP contribution in [-0.2, 0) is 22.1 Å². The van der Waals surface area contributed by atoms with Gasteiger partial charge in [0.25, 0.3) is 0 Å². The van der Waals surface area contributed by atoms with Crippen LogP contribution in [0.3, 0.4) is 0 Å². The Morgan fingerprint density at radius 2 is 2.03 bits per heavy atom. The van der Waals surface area contributed by atoms with Crippen LogP contribution in [-0.4, -0.2) is 48.1 Å². The smallest absolute Gasteiger partial charge is 0.407 e. The largest absolute Gasteiger partial charge is 0.450 e. The Balaban J connectivity index is 1.59. The molecule has 1 atom stereocenters. The van der Waals surface area contributed by atoms with E-state index in [1.54, 1.807) is 36.2 Å². The Kier molecular flexibility index (Phi) is 6.36. The van der Waals surface area contributed by atoms with E-state index < -0.39 is 16.9 Å². The number of nitrogens with one attached hydrogen (secondary N) is 2. The zero-order chi connectivity index (χ0) is 22.5. The second-order valence-electron chi connectivity index (χ2n) is 6.75. The highest BCUT2D eigenvalue weighted by molar-refractivity contribution is 7.84. The van der Waals surface area contributed by atoms with E-state index in [-0.39, 0.29) is 0 Å². The summed E-state index contributed by atoms with van der Waals surface area (Å²) in [6.45, 7) is 2.38. The van der Waals surface area contributed by atoms with Crippen molar-refractivity contribution in [1.82, 2.24) is 30.3 Å². The summed E-state index contributed by atoms with van der Waals surface area (Å²) in [4.78, 5) is 21.1. The van der Waals surface area contributed by atoms with E-state index in [0.717, 1.165) is 16.9 Å². The van der Waals surface area contributed by atoms with Gasteiger partial charge in [-0.2, -0.15) is 9.67 Å². The predicted molar refractivity (Wildman–Crippen MR) is 120 cm³/mol. The molecular weight excluding hydrogens is 430 g/mol. The Labute approximate surface area is 186 Å². The fraction of sp³-hybridized carbons (Fsp3) is 0.190. The van der Waals surface area contributed by atoms with Crippen LogP contribution < -0.4 is 10.6 Å². The van der Waals surface area contributed by atoms with Gasteiger partial charge in [0, 0.05) is 34.2 Å². The minimum atomic E-state index is -1.09. The summed E-state index contributed by atoms with van der Waals surface area (Å²) in [5.74, 6) is 0.361. The molecule has 11 heteroatoms. The standard InChI is InChI=1S/C21H21N7O3S/c1-3-31-21(29)23-12-14-6-4-8-16(10-14)28-19-18(26-27-28)13-22-20(25-19)24-15-7-5-9-17(11-15)32(2)30/h4-11,13H,3,12H2,1-2H3,(H,23,29)(H,22,24,25). The van der Waals surface area contributed by atoms with E-state index in [2.05, 4.69) is 30.9 Å². The molecule has 10 nitrogen and oxygen atoms in total. The van der Waals surface area contributed by atoms with Gasteiger partial charge in [-0.25, -0.2) is 9.78 Å². The lowest BCUT2D eigenvalue weighted by Crippen LogP contribution is -2.23. The van der Waals surface area contributed by atoms with Crippen molar-refractivity contribution in [1.29, 1.82) is 0 Å². The number of fused-ring (bicyclic) bond motifs is 1. The monoisotopic (exact) mass is 451 g/mol. The number of benzene rings is 2. The molecule has 0 radical (unpaired) electrons. The van der Waals surface area contributed by atoms with Crippen molar-refractivity contribution in [2.24, 2.45) is 0 Å². The average molecular weight is 452 g/mol. The van der Waals surface area contributed by atoms with Crippen molar-refractivity contribution >= 4 is 39.7 Å². The van der Waals surface area contributed by atoms with Crippen LogP contribution >= 0.6 is 0 Å². The fourth-order valence-electron chi connectivity index (χ4n) is 3.00. The molecule has 2 N–H and O–H groups in total. The summed E-state index contributed by atoms with van der Waals surface area (Å²) < 4.78 is 18.2. The molecule has 4 aromatic rings. The summed E-state index contributed by atoms with van der Waals surface area (Å²) in [5, 5.41) is 14.2. The van der Waals surface area contributed by atoms with Crippen LogP contribution in [0.4, 0.5) is 16.4 Å². The SMILES string of the molecule is CCOC(=O)NCc1cccc(-n2nnc3cnc(Nc4cccc(S(C)=O)c4)nc32)c1. The minimum Gasteiger partial charge on any atom is -0.450 e. The van der Waals surface area contributed by atoms with Crippen molar-refractivity contribution < 1.29 is 13.7 Å². The third kappa shape index (κ3) is 4.89. The molecule has 32 heavy (non-hydrogen) atoms. The lowest BCUT2D eigenvalue weighted by Gasteiger charge is -2.08. The van der Waals surface area contributed by atoms with Gasteiger partial charge in [0.1, 0.15) is 0 Å². The molecule has 0 aliphatic carbocycles. The number of nitrogens with zero attached hydrogens (tertiary/aromatic N) is 5. The van der Waals surface area contributed by atoms with Gasteiger partial charge in [0.2, 0.25) is 5.95 Å². The number of hydrogen-bond donors (Lipinski definition) is 2. The Morgan fingerprint density at radius 1 is 1.19 bits per heavy atom. The highest BCUT2D eigenvalue weighted by Gasteiger charge is 2.12. The number of amides is 1. The molecule has 0 saturated carbocycles. The molecule has 4 rings (SSSR count).